The van der Waals surface area contributed by atoms with E-state index in [0.29, 0.717) is 18.0 Å². The summed E-state index contributed by atoms with van der Waals surface area (Å²) in [6.07, 6.45) is 7.57. The van der Waals surface area contributed by atoms with Gasteiger partial charge in [-0.2, -0.15) is 0 Å². The molecule has 6 nitrogen and oxygen atoms in total. The molecule has 0 aromatic heterocycles. The third-order valence-electron chi connectivity index (χ3n) is 5.37. The van der Waals surface area contributed by atoms with Crippen LogP contribution in [0.3, 0.4) is 0 Å². The van der Waals surface area contributed by atoms with Crippen LogP contribution in [-0.2, 0) is 19.1 Å². The molecule has 1 saturated heterocycles. The van der Waals surface area contributed by atoms with Gasteiger partial charge in [0.1, 0.15) is 0 Å². The standard InChI is InChI=1S/C21H30N2O4/c24-20(16-27-21(25)11-6-17-4-2-1-3-5-17)22-18-7-9-19(10-8-18)23-12-14-26-15-13-23/h7-10,17H,1-6,11-16H2,(H,22,24). The van der Waals surface area contributed by atoms with Gasteiger partial charge in [-0.1, -0.05) is 32.1 Å². The van der Waals surface area contributed by atoms with Crippen molar-refractivity contribution in [2.75, 3.05) is 43.1 Å². The maximum Gasteiger partial charge on any atom is 0.306 e. The van der Waals surface area contributed by atoms with Gasteiger partial charge >= 0.3 is 5.97 Å². The van der Waals surface area contributed by atoms with Crippen LogP contribution in [0.5, 0.6) is 0 Å². The van der Waals surface area contributed by atoms with Crippen molar-refractivity contribution in [3.8, 4) is 0 Å². The van der Waals surface area contributed by atoms with Crippen molar-refractivity contribution in [1.29, 1.82) is 0 Å². The van der Waals surface area contributed by atoms with Crippen LogP contribution in [0.25, 0.3) is 0 Å². The first kappa shape index (κ1) is 19.7. The molecular weight excluding hydrogens is 344 g/mol. The largest absolute Gasteiger partial charge is 0.456 e. The van der Waals surface area contributed by atoms with E-state index in [-0.39, 0.29) is 18.5 Å². The van der Waals surface area contributed by atoms with Crippen LogP contribution in [0.2, 0.25) is 0 Å². The van der Waals surface area contributed by atoms with Gasteiger partial charge in [-0.25, -0.2) is 0 Å². The van der Waals surface area contributed by atoms with Crippen LogP contribution < -0.4 is 10.2 Å². The molecule has 1 aromatic rings. The quantitative estimate of drug-likeness (QED) is 0.741. The average Bonchev–Trinajstić information content (AvgIpc) is 2.73. The Kier molecular flexibility index (Phi) is 7.51. The van der Waals surface area contributed by atoms with E-state index in [9.17, 15) is 9.59 Å². The fraction of sp³-hybridized carbons (Fsp3) is 0.619. The number of morpholine rings is 1. The number of hydrogen-bond donors (Lipinski definition) is 1. The second-order valence-electron chi connectivity index (χ2n) is 7.40. The molecular formula is C21H30N2O4. The number of ether oxygens (including phenoxy) is 2. The van der Waals surface area contributed by atoms with Gasteiger partial charge in [-0.05, 0) is 36.6 Å². The minimum atomic E-state index is -0.305. The molecule has 1 aliphatic heterocycles. The Morgan fingerprint density at radius 3 is 2.48 bits per heavy atom. The molecule has 2 aliphatic rings. The lowest BCUT2D eigenvalue weighted by molar-refractivity contribution is -0.147. The summed E-state index contributed by atoms with van der Waals surface area (Å²) in [7, 11) is 0. The Labute approximate surface area is 161 Å². The summed E-state index contributed by atoms with van der Waals surface area (Å²) in [6.45, 7) is 3.01. The number of rotatable bonds is 7. The number of carbonyl (C=O) groups excluding carboxylic acids is 2. The van der Waals surface area contributed by atoms with Gasteiger partial charge in [0, 0.05) is 30.9 Å². The van der Waals surface area contributed by atoms with E-state index in [1.807, 2.05) is 24.3 Å². The van der Waals surface area contributed by atoms with Crippen molar-refractivity contribution in [2.24, 2.45) is 5.92 Å². The molecule has 1 aromatic carbocycles. The smallest absolute Gasteiger partial charge is 0.306 e. The van der Waals surface area contributed by atoms with Gasteiger partial charge in [0.2, 0.25) is 0 Å². The molecule has 1 heterocycles. The van der Waals surface area contributed by atoms with E-state index in [1.54, 1.807) is 0 Å². The van der Waals surface area contributed by atoms with Gasteiger partial charge in [0.05, 0.1) is 13.2 Å². The maximum atomic E-state index is 12.0. The number of anilines is 2. The zero-order valence-corrected chi connectivity index (χ0v) is 16.0. The first-order chi connectivity index (χ1) is 13.2. The molecule has 1 saturated carbocycles. The summed E-state index contributed by atoms with van der Waals surface area (Å²) < 4.78 is 10.5. The number of hydrogen-bond acceptors (Lipinski definition) is 5. The Morgan fingerprint density at radius 2 is 1.78 bits per heavy atom. The fourth-order valence-electron chi connectivity index (χ4n) is 3.79. The van der Waals surface area contributed by atoms with Gasteiger partial charge in [0.15, 0.2) is 6.61 Å². The zero-order chi connectivity index (χ0) is 18.9. The molecule has 1 amide bonds. The molecule has 1 aliphatic carbocycles. The van der Waals surface area contributed by atoms with Crippen LogP contribution in [0.1, 0.15) is 44.9 Å². The summed E-state index contributed by atoms with van der Waals surface area (Å²) in [4.78, 5) is 26.1. The molecule has 0 atom stereocenters. The summed E-state index contributed by atoms with van der Waals surface area (Å²) >= 11 is 0. The Bertz CT molecular complexity index is 605. The zero-order valence-electron chi connectivity index (χ0n) is 16.0. The third-order valence-corrected chi connectivity index (χ3v) is 5.37. The highest BCUT2D eigenvalue weighted by molar-refractivity contribution is 5.92. The van der Waals surface area contributed by atoms with E-state index >= 15 is 0 Å². The highest BCUT2D eigenvalue weighted by Crippen LogP contribution is 2.27. The van der Waals surface area contributed by atoms with E-state index < -0.39 is 0 Å². The lowest BCUT2D eigenvalue weighted by atomic mass is 9.86. The molecule has 148 valence electrons. The van der Waals surface area contributed by atoms with Crippen molar-refractivity contribution >= 4 is 23.3 Å². The summed E-state index contributed by atoms with van der Waals surface area (Å²) in [6, 6.07) is 7.70. The lowest BCUT2D eigenvalue weighted by Crippen LogP contribution is -2.36. The summed E-state index contributed by atoms with van der Waals surface area (Å²) in [5.41, 5.74) is 1.82. The molecule has 0 radical (unpaired) electrons. The monoisotopic (exact) mass is 374 g/mol. The molecule has 2 fully saturated rings. The fourth-order valence-corrected chi connectivity index (χ4v) is 3.79. The summed E-state index contributed by atoms with van der Waals surface area (Å²) in [5.74, 6) is 0.0589. The normalized spacial score (nSPS) is 18.1. The highest BCUT2D eigenvalue weighted by Gasteiger charge is 2.16. The van der Waals surface area contributed by atoms with Crippen LogP contribution in [-0.4, -0.2) is 44.8 Å². The number of benzene rings is 1. The SMILES string of the molecule is O=C(COC(=O)CCC1CCCCC1)Nc1ccc(N2CCOCC2)cc1. The molecule has 1 N–H and O–H groups in total. The lowest BCUT2D eigenvalue weighted by Gasteiger charge is -2.28. The van der Waals surface area contributed by atoms with Crippen molar-refractivity contribution in [3.63, 3.8) is 0 Å². The maximum absolute atomic E-state index is 12.0. The van der Waals surface area contributed by atoms with Crippen LogP contribution in [0.4, 0.5) is 11.4 Å². The predicted molar refractivity (Wildman–Crippen MR) is 105 cm³/mol. The predicted octanol–water partition coefficient (Wildman–Crippen LogP) is 3.37. The van der Waals surface area contributed by atoms with Gasteiger partial charge in [-0.15, -0.1) is 0 Å². The molecule has 0 bridgehead atoms. The molecule has 0 unspecified atom stereocenters. The summed E-state index contributed by atoms with van der Waals surface area (Å²) in [5, 5.41) is 2.77. The first-order valence-electron chi connectivity index (χ1n) is 10.1. The molecule has 6 heteroatoms. The topological polar surface area (TPSA) is 67.9 Å². The minimum absolute atomic E-state index is 0.227. The molecule has 27 heavy (non-hydrogen) atoms. The van der Waals surface area contributed by atoms with Crippen LogP contribution in [0, 0.1) is 5.92 Å². The van der Waals surface area contributed by atoms with E-state index in [1.165, 1.54) is 32.1 Å². The number of carbonyl (C=O) groups is 2. The number of nitrogens with one attached hydrogen (secondary N) is 1. The number of nitrogens with zero attached hydrogens (tertiary/aromatic N) is 1. The van der Waals surface area contributed by atoms with E-state index in [4.69, 9.17) is 9.47 Å². The second kappa shape index (κ2) is 10.3. The second-order valence-corrected chi connectivity index (χ2v) is 7.40. The van der Waals surface area contributed by atoms with E-state index in [0.717, 1.165) is 38.4 Å². The van der Waals surface area contributed by atoms with Gasteiger partial charge in [-0.3, -0.25) is 9.59 Å². The average molecular weight is 374 g/mol. The number of esters is 1. The molecule has 0 spiro atoms. The van der Waals surface area contributed by atoms with Crippen LogP contribution in [0.15, 0.2) is 24.3 Å². The minimum Gasteiger partial charge on any atom is -0.456 e. The molecule has 3 rings (SSSR count). The van der Waals surface area contributed by atoms with Crippen LogP contribution >= 0.6 is 0 Å². The Balaban J connectivity index is 1.35. The van der Waals surface area contributed by atoms with Gasteiger partial charge in [0.25, 0.3) is 5.91 Å². The first-order valence-corrected chi connectivity index (χ1v) is 10.1. The van der Waals surface area contributed by atoms with E-state index in [2.05, 4.69) is 10.2 Å². The van der Waals surface area contributed by atoms with Crippen molar-refractivity contribution in [2.45, 2.75) is 44.9 Å². The Morgan fingerprint density at radius 1 is 1.07 bits per heavy atom. The van der Waals surface area contributed by atoms with Crippen molar-refractivity contribution < 1.29 is 19.1 Å². The highest BCUT2D eigenvalue weighted by atomic mass is 16.5. The van der Waals surface area contributed by atoms with Crippen molar-refractivity contribution in [3.05, 3.63) is 24.3 Å². The van der Waals surface area contributed by atoms with Crippen molar-refractivity contribution in [1.82, 2.24) is 0 Å². The number of amides is 1. The Hall–Kier alpha value is -2.08. The third kappa shape index (κ3) is 6.54. The van der Waals surface area contributed by atoms with Gasteiger partial charge < -0.3 is 19.7 Å².